The lowest BCUT2D eigenvalue weighted by molar-refractivity contribution is 0.244. The summed E-state index contributed by atoms with van der Waals surface area (Å²) in [4.78, 5) is 7.30. The van der Waals surface area contributed by atoms with Gasteiger partial charge in [0.1, 0.15) is 11.6 Å². The molecule has 2 aromatic rings. The van der Waals surface area contributed by atoms with Gasteiger partial charge in [0.2, 0.25) is 0 Å². The molecule has 1 aliphatic rings. The maximum absolute atomic E-state index is 13.7. The Morgan fingerprint density at radius 2 is 2.10 bits per heavy atom. The minimum absolute atomic E-state index is 0.475. The predicted molar refractivity (Wildman–Crippen MR) is 75.2 cm³/mol. The zero-order chi connectivity index (χ0) is 14.1. The fourth-order valence-electron chi connectivity index (χ4n) is 2.22. The normalized spacial score (nSPS) is 14.9. The summed E-state index contributed by atoms with van der Waals surface area (Å²) in [5.74, 6) is -1.03. The van der Waals surface area contributed by atoms with Crippen LogP contribution in [0, 0.1) is 11.6 Å². The first-order valence-electron chi connectivity index (χ1n) is 6.50. The van der Waals surface area contributed by atoms with Crippen LogP contribution in [-0.2, 0) is 13.1 Å². The number of hydrogen-bond acceptors (Lipinski definition) is 4. The van der Waals surface area contributed by atoms with E-state index in [2.05, 4.69) is 9.88 Å². The average Bonchev–Trinajstić information content (AvgIpc) is 3.16. The van der Waals surface area contributed by atoms with Gasteiger partial charge in [0.25, 0.3) is 0 Å². The Balaban J connectivity index is 1.74. The van der Waals surface area contributed by atoms with Crippen LogP contribution in [0.3, 0.4) is 0 Å². The van der Waals surface area contributed by atoms with Crippen molar-refractivity contribution in [2.24, 2.45) is 0 Å². The SMILES string of the molecule is Nc1ncc(CN(Cc2ccc(F)cc2F)C2CC2)s1. The molecule has 0 radical (unpaired) electrons. The van der Waals surface area contributed by atoms with Gasteiger partial charge in [0.05, 0.1) is 0 Å². The van der Waals surface area contributed by atoms with Crippen LogP contribution in [0.5, 0.6) is 0 Å². The summed E-state index contributed by atoms with van der Waals surface area (Å²) in [6, 6.07) is 4.23. The van der Waals surface area contributed by atoms with E-state index in [1.165, 1.54) is 23.5 Å². The maximum Gasteiger partial charge on any atom is 0.180 e. The molecule has 3 rings (SSSR count). The van der Waals surface area contributed by atoms with E-state index in [1.807, 2.05) is 0 Å². The van der Waals surface area contributed by atoms with Gasteiger partial charge in [-0.25, -0.2) is 13.8 Å². The van der Waals surface area contributed by atoms with Crippen LogP contribution in [0.1, 0.15) is 23.3 Å². The summed E-state index contributed by atoms with van der Waals surface area (Å²) in [5.41, 5.74) is 6.15. The third-order valence-electron chi connectivity index (χ3n) is 3.38. The van der Waals surface area contributed by atoms with Gasteiger partial charge in [-0.1, -0.05) is 6.07 Å². The molecule has 1 aromatic carbocycles. The summed E-state index contributed by atoms with van der Waals surface area (Å²) < 4.78 is 26.7. The van der Waals surface area contributed by atoms with Gasteiger partial charge in [0.15, 0.2) is 5.13 Å². The Morgan fingerprint density at radius 1 is 1.30 bits per heavy atom. The molecule has 1 fully saturated rings. The lowest BCUT2D eigenvalue weighted by Crippen LogP contribution is -2.25. The van der Waals surface area contributed by atoms with E-state index >= 15 is 0 Å². The molecule has 3 nitrogen and oxygen atoms in total. The summed E-state index contributed by atoms with van der Waals surface area (Å²) in [7, 11) is 0. The molecule has 1 saturated carbocycles. The second-order valence-electron chi connectivity index (χ2n) is 5.04. The van der Waals surface area contributed by atoms with Crippen molar-refractivity contribution < 1.29 is 8.78 Å². The molecular formula is C14H15F2N3S. The molecule has 20 heavy (non-hydrogen) atoms. The first-order chi connectivity index (χ1) is 9.61. The van der Waals surface area contributed by atoms with Gasteiger partial charge in [-0.05, 0) is 18.9 Å². The van der Waals surface area contributed by atoms with Crippen molar-refractivity contribution in [3.05, 3.63) is 46.5 Å². The van der Waals surface area contributed by atoms with E-state index in [-0.39, 0.29) is 0 Å². The Hall–Kier alpha value is -1.53. The van der Waals surface area contributed by atoms with Crippen LogP contribution >= 0.6 is 11.3 Å². The highest BCUT2D eigenvalue weighted by Crippen LogP contribution is 2.31. The number of halogens is 2. The highest BCUT2D eigenvalue weighted by atomic mass is 32.1. The molecule has 0 saturated heterocycles. The molecule has 2 N–H and O–H groups in total. The number of nitrogens with zero attached hydrogens (tertiary/aromatic N) is 2. The van der Waals surface area contributed by atoms with Crippen molar-refractivity contribution in [2.45, 2.75) is 32.0 Å². The zero-order valence-electron chi connectivity index (χ0n) is 10.9. The van der Waals surface area contributed by atoms with Crippen LogP contribution in [0.4, 0.5) is 13.9 Å². The number of thiazole rings is 1. The summed E-state index contributed by atoms with van der Waals surface area (Å²) in [6.07, 6.45) is 4.00. The summed E-state index contributed by atoms with van der Waals surface area (Å²) in [5, 5.41) is 0.545. The first kappa shape index (κ1) is 13.5. The second kappa shape index (κ2) is 5.46. The molecule has 0 amide bonds. The third-order valence-corrected chi connectivity index (χ3v) is 4.19. The Labute approximate surface area is 120 Å². The second-order valence-corrected chi connectivity index (χ2v) is 6.18. The Kier molecular flexibility index (Phi) is 3.67. The lowest BCUT2D eigenvalue weighted by atomic mass is 10.2. The zero-order valence-corrected chi connectivity index (χ0v) is 11.7. The van der Waals surface area contributed by atoms with Crippen molar-refractivity contribution in [3.8, 4) is 0 Å². The van der Waals surface area contributed by atoms with E-state index < -0.39 is 11.6 Å². The Bertz CT molecular complexity index is 610. The van der Waals surface area contributed by atoms with E-state index in [1.54, 1.807) is 6.20 Å². The smallest absolute Gasteiger partial charge is 0.180 e. The van der Waals surface area contributed by atoms with Gasteiger partial charge < -0.3 is 5.73 Å². The molecule has 0 aliphatic heterocycles. The van der Waals surface area contributed by atoms with Gasteiger partial charge in [-0.15, -0.1) is 11.3 Å². The Morgan fingerprint density at radius 3 is 2.70 bits per heavy atom. The maximum atomic E-state index is 13.7. The van der Waals surface area contributed by atoms with Crippen LogP contribution in [0.2, 0.25) is 0 Å². The highest BCUT2D eigenvalue weighted by molar-refractivity contribution is 7.15. The molecule has 6 heteroatoms. The fraction of sp³-hybridized carbons (Fsp3) is 0.357. The minimum atomic E-state index is -0.542. The van der Waals surface area contributed by atoms with Gasteiger partial charge in [-0.2, -0.15) is 0 Å². The van der Waals surface area contributed by atoms with Gasteiger partial charge >= 0.3 is 0 Å². The summed E-state index contributed by atoms with van der Waals surface area (Å²) >= 11 is 1.45. The van der Waals surface area contributed by atoms with Crippen molar-refractivity contribution >= 4 is 16.5 Å². The van der Waals surface area contributed by atoms with Gasteiger partial charge in [0, 0.05) is 41.8 Å². The molecule has 0 spiro atoms. The third kappa shape index (κ3) is 3.13. The van der Waals surface area contributed by atoms with E-state index in [0.29, 0.717) is 29.8 Å². The molecule has 106 valence electrons. The minimum Gasteiger partial charge on any atom is -0.375 e. The number of anilines is 1. The largest absolute Gasteiger partial charge is 0.375 e. The van der Waals surface area contributed by atoms with Crippen LogP contribution in [0.25, 0.3) is 0 Å². The van der Waals surface area contributed by atoms with Gasteiger partial charge in [-0.3, -0.25) is 4.90 Å². The molecule has 0 atom stereocenters. The number of nitrogens with two attached hydrogens (primary N) is 1. The molecule has 0 unspecified atom stereocenters. The van der Waals surface area contributed by atoms with Crippen molar-refractivity contribution in [1.29, 1.82) is 0 Å². The topological polar surface area (TPSA) is 42.1 Å². The molecular weight excluding hydrogens is 280 g/mol. The number of nitrogen functional groups attached to an aromatic ring is 1. The van der Waals surface area contributed by atoms with Crippen LogP contribution in [-0.4, -0.2) is 15.9 Å². The first-order valence-corrected chi connectivity index (χ1v) is 7.31. The van der Waals surface area contributed by atoms with Crippen LogP contribution < -0.4 is 5.73 Å². The molecule has 1 aliphatic carbocycles. The predicted octanol–water partition coefficient (Wildman–Crippen LogP) is 3.17. The number of benzene rings is 1. The average molecular weight is 295 g/mol. The fourth-order valence-corrected chi connectivity index (χ4v) is 2.93. The lowest BCUT2D eigenvalue weighted by Gasteiger charge is -2.21. The van der Waals surface area contributed by atoms with E-state index in [4.69, 9.17) is 5.73 Å². The highest BCUT2D eigenvalue weighted by Gasteiger charge is 2.29. The number of hydrogen-bond donors (Lipinski definition) is 1. The van der Waals surface area contributed by atoms with Crippen molar-refractivity contribution in [2.75, 3.05) is 5.73 Å². The molecule has 1 aromatic heterocycles. The molecule has 0 bridgehead atoms. The van der Waals surface area contributed by atoms with Crippen molar-refractivity contribution in [1.82, 2.24) is 9.88 Å². The monoisotopic (exact) mass is 295 g/mol. The number of rotatable bonds is 5. The van der Waals surface area contributed by atoms with Crippen molar-refractivity contribution in [3.63, 3.8) is 0 Å². The summed E-state index contributed by atoms with van der Waals surface area (Å²) in [6.45, 7) is 1.19. The standard InChI is InChI=1S/C14H15F2N3S/c15-10-2-1-9(13(16)5-10)7-19(11-3-4-11)8-12-6-18-14(17)20-12/h1-2,5-6,11H,3-4,7-8H2,(H2,17,18). The van der Waals surface area contributed by atoms with E-state index in [9.17, 15) is 8.78 Å². The quantitative estimate of drug-likeness (QED) is 0.921. The van der Waals surface area contributed by atoms with Crippen LogP contribution in [0.15, 0.2) is 24.4 Å². The number of aromatic nitrogens is 1. The molecule has 1 heterocycles. The van der Waals surface area contributed by atoms with E-state index in [0.717, 1.165) is 23.8 Å².